The van der Waals surface area contributed by atoms with Gasteiger partial charge in [0.2, 0.25) is 0 Å². The number of ether oxygens (including phenoxy) is 1. The molecule has 2 aromatic carbocycles. The molecule has 2 aromatic rings. The average Bonchev–Trinajstić information content (AvgIpc) is 2.48. The third-order valence-electron chi connectivity index (χ3n) is 3.22. The molecule has 1 unspecified atom stereocenters. The molecule has 0 spiro atoms. The SMILES string of the molecule is CCOc1ccc(Cl)cc1CNC(C)c1ccccc1. The summed E-state index contributed by atoms with van der Waals surface area (Å²) in [7, 11) is 0. The van der Waals surface area contributed by atoms with Gasteiger partial charge in [-0.1, -0.05) is 41.9 Å². The topological polar surface area (TPSA) is 21.3 Å². The molecule has 0 aliphatic heterocycles. The summed E-state index contributed by atoms with van der Waals surface area (Å²) in [4.78, 5) is 0. The van der Waals surface area contributed by atoms with Crippen LogP contribution in [-0.4, -0.2) is 6.61 Å². The van der Waals surface area contributed by atoms with Crippen molar-refractivity contribution < 1.29 is 4.74 Å². The summed E-state index contributed by atoms with van der Waals surface area (Å²) >= 11 is 6.07. The molecule has 0 saturated carbocycles. The normalized spacial score (nSPS) is 12.2. The van der Waals surface area contributed by atoms with E-state index in [2.05, 4.69) is 36.5 Å². The van der Waals surface area contributed by atoms with Crippen LogP contribution in [0.2, 0.25) is 5.02 Å². The molecule has 3 heteroatoms. The first-order chi connectivity index (χ1) is 9.70. The van der Waals surface area contributed by atoms with Crippen LogP contribution in [0.25, 0.3) is 0 Å². The van der Waals surface area contributed by atoms with Gasteiger partial charge in [0.05, 0.1) is 6.61 Å². The Labute approximate surface area is 125 Å². The summed E-state index contributed by atoms with van der Waals surface area (Å²) in [6, 6.07) is 16.4. The minimum Gasteiger partial charge on any atom is -0.494 e. The molecule has 0 saturated heterocycles. The van der Waals surface area contributed by atoms with Crippen molar-refractivity contribution in [2.24, 2.45) is 0 Å². The highest BCUT2D eigenvalue weighted by Gasteiger charge is 2.08. The van der Waals surface area contributed by atoms with Crippen LogP contribution in [0.1, 0.15) is 31.0 Å². The van der Waals surface area contributed by atoms with Crippen LogP contribution in [0.4, 0.5) is 0 Å². The summed E-state index contributed by atoms with van der Waals surface area (Å²) in [6.07, 6.45) is 0. The second-order valence-corrected chi connectivity index (χ2v) is 5.13. The lowest BCUT2D eigenvalue weighted by Gasteiger charge is -2.16. The molecule has 2 rings (SSSR count). The number of rotatable bonds is 6. The van der Waals surface area contributed by atoms with Crippen molar-refractivity contribution in [3.8, 4) is 5.75 Å². The zero-order chi connectivity index (χ0) is 14.4. The van der Waals surface area contributed by atoms with Crippen molar-refractivity contribution in [3.63, 3.8) is 0 Å². The Kier molecular flexibility index (Phi) is 5.45. The molecule has 0 amide bonds. The maximum absolute atomic E-state index is 6.07. The molecule has 2 nitrogen and oxygen atoms in total. The molecule has 0 aliphatic carbocycles. The van der Waals surface area contributed by atoms with Gasteiger partial charge in [0.1, 0.15) is 5.75 Å². The van der Waals surface area contributed by atoms with E-state index in [1.807, 2.05) is 31.2 Å². The summed E-state index contributed by atoms with van der Waals surface area (Å²) < 4.78 is 5.63. The zero-order valence-electron chi connectivity index (χ0n) is 11.9. The molecular weight excluding hydrogens is 270 g/mol. The molecule has 0 bridgehead atoms. The average molecular weight is 290 g/mol. The van der Waals surface area contributed by atoms with Crippen LogP contribution in [0.5, 0.6) is 5.75 Å². The predicted molar refractivity (Wildman–Crippen MR) is 84.3 cm³/mol. The standard InChI is InChI=1S/C17H20ClNO/c1-3-20-17-10-9-16(18)11-15(17)12-19-13(2)14-7-5-4-6-8-14/h4-11,13,19H,3,12H2,1-2H3. The number of halogens is 1. The molecule has 0 aromatic heterocycles. The summed E-state index contributed by atoms with van der Waals surface area (Å²) in [5.74, 6) is 0.893. The highest BCUT2D eigenvalue weighted by Crippen LogP contribution is 2.24. The maximum Gasteiger partial charge on any atom is 0.123 e. The number of nitrogens with one attached hydrogen (secondary N) is 1. The number of benzene rings is 2. The van der Waals surface area contributed by atoms with E-state index in [4.69, 9.17) is 16.3 Å². The molecule has 1 atom stereocenters. The third-order valence-corrected chi connectivity index (χ3v) is 3.46. The van der Waals surface area contributed by atoms with Crippen molar-refractivity contribution in [1.82, 2.24) is 5.32 Å². The van der Waals surface area contributed by atoms with Crippen molar-refractivity contribution in [2.75, 3.05) is 6.61 Å². The fraction of sp³-hybridized carbons (Fsp3) is 0.294. The Morgan fingerprint density at radius 1 is 1.15 bits per heavy atom. The summed E-state index contributed by atoms with van der Waals surface area (Å²) in [6.45, 7) is 5.52. The Hall–Kier alpha value is -1.51. The maximum atomic E-state index is 6.07. The van der Waals surface area contributed by atoms with Crippen LogP contribution >= 0.6 is 11.6 Å². The molecular formula is C17H20ClNO. The molecule has 20 heavy (non-hydrogen) atoms. The molecule has 0 heterocycles. The van der Waals surface area contributed by atoms with E-state index in [0.717, 1.165) is 22.9 Å². The largest absolute Gasteiger partial charge is 0.494 e. The number of hydrogen-bond acceptors (Lipinski definition) is 2. The molecule has 106 valence electrons. The zero-order valence-corrected chi connectivity index (χ0v) is 12.7. The van der Waals surface area contributed by atoms with Gasteiger partial charge in [-0.3, -0.25) is 0 Å². The van der Waals surface area contributed by atoms with E-state index in [9.17, 15) is 0 Å². The van der Waals surface area contributed by atoms with E-state index < -0.39 is 0 Å². The van der Waals surface area contributed by atoms with Gasteiger partial charge in [-0.05, 0) is 37.6 Å². The van der Waals surface area contributed by atoms with Crippen molar-refractivity contribution in [1.29, 1.82) is 0 Å². The molecule has 0 aliphatic rings. The van der Waals surface area contributed by atoms with E-state index in [-0.39, 0.29) is 6.04 Å². The second kappa shape index (κ2) is 7.32. The van der Waals surface area contributed by atoms with Crippen LogP contribution in [0.3, 0.4) is 0 Å². The van der Waals surface area contributed by atoms with Crippen molar-refractivity contribution in [3.05, 3.63) is 64.7 Å². The van der Waals surface area contributed by atoms with E-state index in [1.165, 1.54) is 5.56 Å². The minimum absolute atomic E-state index is 0.282. The van der Waals surface area contributed by atoms with Gasteiger partial charge in [-0.2, -0.15) is 0 Å². The molecule has 0 fully saturated rings. The Bertz CT molecular complexity index is 542. The first-order valence-electron chi connectivity index (χ1n) is 6.90. The smallest absolute Gasteiger partial charge is 0.123 e. The van der Waals surface area contributed by atoms with Crippen molar-refractivity contribution in [2.45, 2.75) is 26.4 Å². The lowest BCUT2D eigenvalue weighted by atomic mass is 10.1. The fourth-order valence-electron chi connectivity index (χ4n) is 2.11. The fourth-order valence-corrected chi connectivity index (χ4v) is 2.30. The Morgan fingerprint density at radius 3 is 2.60 bits per heavy atom. The van der Waals surface area contributed by atoms with Crippen LogP contribution in [0, 0.1) is 0 Å². The molecule has 0 radical (unpaired) electrons. The van der Waals surface area contributed by atoms with Gasteiger partial charge in [0.15, 0.2) is 0 Å². The lowest BCUT2D eigenvalue weighted by Crippen LogP contribution is -2.18. The van der Waals surface area contributed by atoms with Gasteiger partial charge < -0.3 is 10.1 Å². The summed E-state index contributed by atoms with van der Waals surface area (Å²) in [5.41, 5.74) is 2.36. The summed E-state index contributed by atoms with van der Waals surface area (Å²) in [5, 5.41) is 4.24. The first kappa shape index (κ1) is 14.9. The highest BCUT2D eigenvalue weighted by atomic mass is 35.5. The van der Waals surface area contributed by atoms with Gasteiger partial charge in [-0.25, -0.2) is 0 Å². The molecule has 1 N–H and O–H groups in total. The highest BCUT2D eigenvalue weighted by molar-refractivity contribution is 6.30. The van der Waals surface area contributed by atoms with Gasteiger partial charge >= 0.3 is 0 Å². The lowest BCUT2D eigenvalue weighted by molar-refractivity contribution is 0.335. The first-order valence-corrected chi connectivity index (χ1v) is 7.28. The van der Waals surface area contributed by atoms with Gasteiger partial charge in [0.25, 0.3) is 0 Å². The van der Waals surface area contributed by atoms with Gasteiger partial charge in [0, 0.05) is 23.2 Å². The second-order valence-electron chi connectivity index (χ2n) is 4.70. The van der Waals surface area contributed by atoms with Crippen LogP contribution in [0.15, 0.2) is 48.5 Å². The van der Waals surface area contributed by atoms with Crippen molar-refractivity contribution >= 4 is 11.6 Å². The quantitative estimate of drug-likeness (QED) is 0.840. The number of hydrogen-bond donors (Lipinski definition) is 1. The van der Waals surface area contributed by atoms with Crippen LogP contribution in [-0.2, 0) is 6.54 Å². The Balaban J connectivity index is 2.05. The van der Waals surface area contributed by atoms with Crippen LogP contribution < -0.4 is 10.1 Å². The Morgan fingerprint density at radius 2 is 1.90 bits per heavy atom. The van der Waals surface area contributed by atoms with Gasteiger partial charge in [-0.15, -0.1) is 0 Å². The van der Waals surface area contributed by atoms with E-state index in [0.29, 0.717) is 6.61 Å². The van der Waals surface area contributed by atoms with E-state index >= 15 is 0 Å². The monoisotopic (exact) mass is 289 g/mol. The predicted octanol–water partition coefficient (Wildman–Crippen LogP) is 4.59. The third kappa shape index (κ3) is 3.99. The minimum atomic E-state index is 0.282. The van der Waals surface area contributed by atoms with E-state index in [1.54, 1.807) is 0 Å².